The summed E-state index contributed by atoms with van der Waals surface area (Å²) in [5, 5.41) is 9.83. The number of carboxylic acids is 1. The highest BCUT2D eigenvalue weighted by molar-refractivity contribution is 7.99. The maximum Gasteiger partial charge on any atom is 0.308 e. The summed E-state index contributed by atoms with van der Waals surface area (Å²) < 4.78 is 7.48. The predicted molar refractivity (Wildman–Crippen MR) is 88.8 cm³/mol. The number of aromatic nitrogens is 1. The van der Waals surface area contributed by atoms with E-state index in [1.165, 1.54) is 11.3 Å². The standard InChI is InChI=1S/C16H15NO4S2/c18-12(19)5-6-17-15-14(23-16(17)20)13-9(8-22-15)7-21-11-4-2-1-3-10(11)13/h1-4,9,13H,5-8H2,(H,18,19)/t9-,13-/m1/s1. The minimum Gasteiger partial charge on any atom is -0.493 e. The van der Waals surface area contributed by atoms with Crippen LogP contribution in [-0.2, 0) is 11.3 Å². The summed E-state index contributed by atoms with van der Waals surface area (Å²) in [6, 6.07) is 7.99. The zero-order chi connectivity index (χ0) is 16.0. The number of ether oxygens (including phenoxy) is 1. The molecule has 1 aromatic heterocycles. The van der Waals surface area contributed by atoms with Crippen molar-refractivity contribution >= 4 is 29.1 Å². The number of carboxylic acid groups (broad SMARTS) is 1. The van der Waals surface area contributed by atoms with Crippen molar-refractivity contribution in [2.75, 3.05) is 12.4 Å². The number of thioether (sulfide) groups is 1. The molecule has 2 aliphatic rings. The molecule has 1 aromatic carbocycles. The van der Waals surface area contributed by atoms with Crippen LogP contribution in [0.2, 0.25) is 0 Å². The lowest BCUT2D eigenvalue weighted by atomic mass is 9.84. The van der Waals surface area contributed by atoms with Crippen LogP contribution in [0, 0.1) is 5.92 Å². The first kappa shape index (κ1) is 14.8. The Morgan fingerprint density at radius 1 is 1.39 bits per heavy atom. The maximum atomic E-state index is 12.3. The third-order valence-corrected chi connectivity index (χ3v) is 6.82. The Hall–Kier alpha value is -1.73. The molecule has 0 radical (unpaired) electrons. The number of thiazole rings is 1. The topological polar surface area (TPSA) is 68.5 Å². The Balaban J connectivity index is 1.79. The van der Waals surface area contributed by atoms with Crippen LogP contribution in [0.15, 0.2) is 34.1 Å². The molecule has 0 spiro atoms. The van der Waals surface area contributed by atoms with Crippen LogP contribution in [0.4, 0.5) is 0 Å². The van der Waals surface area contributed by atoms with E-state index in [0.717, 1.165) is 27.0 Å². The minimum atomic E-state index is -0.882. The molecule has 2 aromatic rings. The SMILES string of the molecule is O=C(O)CCn1c2c(sc1=O)[C@H]1c3ccccc3OC[C@@H]1CS2. The zero-order valence-corrected chi connectivity index (χ0v) is 13.9. The molecule has 7 heteroatoms. The van der Waals surface area contributed by atoms with E-state index in [9.17, 15) is 9.59 Å². The summed E-state index contributed by atoms with van der Waals surface area (Å²) in [6.07, 6.45) is -0.0303. The Morgan fingerprint density at radius 2 is 2.22 bits per heavy atom. The number of hydrogen-bond acceptors (Lipinski definition) is 5. The average molecular weight is 349 g/mol. The van der Waals surface area contributed by atoms with Gasteiger partial charge in [0.2, 0.25) is 0 Å². The van der Waals surface area contributed by atoms with Crippen LogP contribution < -0.4 is 9.61 Å². The second-order valence-electron chi connectivity index (χ2n) is 5.73. The van der Waals surface area contributed by atoms with E-state index >= 15 is 0 Å². The lowest BCUT2D eigenvalue weighted by Crippen LogP contribution is -2.31. The molecule has 2 atom stereocenters. The fraction of sp³-hybridized carbons (Fsp3) is 0.375. The third kappa shape index (κ3) is 2.48. The molecule has 0 bridgehead atoms. The van der Waals surface area contributed by atoms with Crippen LogP contribution in [0.3, 0.4) is 0 Å². The van der Waals surface area contributed by atoms with Crippen molar-refractivity contribution in [1.29, 1.82) is 0 Å². The molecule has 23 heavy (non-hydrogen) atoms. The van der Waals surface area contributed by atoms with Gasteiger partial charge in [-0.1, -0.05) is 29.5 Å². The van der Waals surface area contributed by atoms with E-state index in [1.54, 1.807) is 16.3 Å². The number of aliphatic carboxylic acids is 1. The summed E-state index contributed by atoms with van der Waals surface area (Å²) >= 11 is 2.90. The van der Waals surface area contributed by atoms with Gasteiger partial charge in [0.05, 0.1) is 18.1 Å². The molecule has 3 heterocycles. The maximum absolute atomic E-state index is 12.3. The largest absolute Gasteiger partial charge is 0.493 e. The number of benzene rings is 1. The monoisotopic (exact) mass is 349 g/mol. The Bertz CT molecular complexity index is 826. The molecule has 0 unspecified atom stereocenters. The zero-order valence-electron chi connectivity index (χ0n) is 12.2. The van der Waals surface area contributed by atoms with E-state index < -0.39 is 5.97 Å². The molecule has 5 nitrogen and oxygen atoms in total. The predicted octanol–water partition coefficient (Wildman–Crippen LogP) is 2.63. The number of rotatable bonds is 3. The van der Waals surface area contributed by atoms with Gasteiger partial charge in [-0.15, -0.1) is 11.8 Å². The Morgan fingerprint density at radius 3 is 3.04 bits per heavy atom. The first-order chi connectivity index (χ1) is 11.1. The van der Waals surface area contributed by atoms with E-state index in [0.29, 0.717) is 12.5 Å². The Labute approximate surface area is 140 Å². The van der Waals surface area contributed by atoms with Gasteiger partial charge in [0.15, 0.2) is 0 Å². The van der Waals surface area contributed by atoms with Crippen molar-refractivity contribution in [3.63, 3.8) is 0 Å². The molecule has 0 aliphatic carbocycles. The Kier molecular flexibility index (Phi) is 3.69. The fourth-order valence-corrected chi connectivity index (χ4v) is 6.00. The second kappa shape index (κ2) is 5.72. The highest BCUT2D eigenvalue weighted by atomic mass is 32.2. The summed E-state index contributed by atoms with van der Waals surface area (Å²) in [5.74, 6) is 1.43. The molecule has 4 rings (SSSR count). The fourth-order valence-electron chi connectivity index (χ4n) is 3.26. The quantitative estimate of drug-likeness (QED) is 0.922. The van der Waals surface area contributed by atoms with Gasteiger partial charge >= 0.3 is 10.8 Å². The molecule has 1 N–H and O–H groups in total. The number of carbonyl (C=O) groups is 1. The second-order valence-corrected chi connectivity index (χ2v) is 7.73. The van der Waals surface area contributed by atoms with Crippen molar-refractivity contribution in [2.24, 2.45) is 5.92 Å². The van der Waals surface area contributed by atoms with Crippen molar-refractivity contribution < 1.29 is 14.6 Å². The lowest BCUT2D eigenvalue weighted by molar-refractivity contribution is -0.137. The molecule has 0 amide bonds. The first-order valence-corrected chi connectivity index (χ1v) is 9.25. The van der Waals surface area contributed by atoms with Crippen LogP contribution in [0.5, 0.6) is 5.75 Å². The van der Waals surface area contributed by atoms with Crippen LogP contribution in [-0.4, -0.2) is 28.0 Å². The number of para-hydroxylation sites is 1. The molecule has 0 saturated carbocycles. The normalized spacial score (nSPS) is 21.7. The molecular formula is C16H15NO4S2. The third-order valence-electron chi connectivity index (χ3n) is 4.32. The van der Waals surface area contributed by atoms with Crippen molar-refractivity contribution in [3.05, 3.63) is 44.4 Å². The molecule has 120 valence electrons. The van der Waals surface area contributed by atoms with Crippen LogP contribution in [0.25, 0.3) is 0 Å². The van der Waals surface area contributed by atoms with Gasteiger partial charge in [-0.3, -0.25) is 14.2 Å². The number of hydrogen-bond donors (Lipinski definition) is 1. The number of nitrogens with zero attached hydrogens (tertiary/aromatic N) is 1. The van der Waals surface area contributed by atoms with Crippen molar-refractivity contribution in [3.8, 4) is 5.75 Å². The van der Waals surface area contributed by atoms with E-state index in [4.69, 9.17) is 9.84 Å². The minimum absolute atomic E-state index is 0.0303. The smallest absolute Gasteiger partial charge is 0.308 e. The lowest BCUT2D eigenvalue weighted by Gasteiger charge is -2.36. The van der Waals surface area contributed by atoms with Gasteiger partial charge in [0, 0.05) is 34.6 Å². The van der Waals surface area contributed by atoms with Gasteiger partial charge in [0.1, 0.15) is 5.75 Å². The molecule has 0 saturated heterocycles. The van der Waals surface area contributed by atoms with Crippen molar-refractivity contribution in [2.45, 2.75) is 23.9 Å². The van der Waals surface area contributed by atoms with Crippen molar-refractivity contribution in [1.82, 2.24) is 4.57 Å². The molecule has 0 fully saturated rings. The van der Waals surface area contributed by atoms with Crippen LogP contribution in [0.1, 0.15) is 22.8 Å². The number of fused-ring (bicyclic) bond motifs is 5. The van der Waals surface area contributed by atoms with E-state index in [2.05, 4.69) is 6.07 Å². The van der Waals surface area contributed by atoms with Gasteiger partial charge in [-0.2, -0.15) is 0 Å². The van der Waals surface area contributed by atoms with Gasteiger partial charge in [-0.05, 0) is 6.07 Å². The molecular weight excluding hydrogens is 334 g/mol. The van der Waals surface area contributed by atoms with E-state index in [1.807, 2.05) is 18.2 Å². The first-order valence-electron chi connectivity index (χ1n) is 7.45. The van der Waals surface area contributed by atoms with Gasteiger partial charge < -0.3 is 9.84 Å². The van der Waals surface area contributed by atoms with Gasteiger partial charge in [-0.25, -0.2) is 0 Å². The highest BCUT2D eigenvalue weighted by Gasteiger charge is 2.39. The van der Waals surface area contributed by atoms with Gasteiger partial charge in [0.25, 0.3) is 0 Å². The average Bonchev–Trinajstić information content (AvgIpc) is 2.87. The highest BCUT2D eigenvalue weighted by Crippen LogP contribution is 2.50. The van der Waals surface area contributed by atoms with E-state index in [-0.39, 0.29) is 23.8 Å². The summed E-state index contributed by atoms with van der Waals surface area (Å²) in [7, 11) is 0. The summed E-state index contributed by atoms with van der Waals surface area (Å²) in [5.41, 5.74) is 1.14. The molecule has 2 aliphatic heterocycles. The van der Waals surface area contributed by atoms with Crippen LogP contribution >= 0.6 is 23.1 Å². The summed E-state index contributed by atoms with van der Waals surface area (Å²) in [6.45, 7) is 0.901. The summed E-state index contributed by atoms with van der Waals surface area (Å²) in [4.78, 5) is 24.2.